The van der Waals surface area contributed by atoms with Gasteiger partial charge in [-0.3, -0.25) is 4.99 Å². The highest BCUT2D eigenvalue weighted by atomic mass is 16.3. The number of fused-ring (bicyclic) bond motifs is 2. The number of aliphatic imine (C=N–C) groups is 1. The Hall–Kier alpha value is -2.83. The van der Waals surface area contributed by atoms with E-state index in [2.05, 4.69) is 63.5 Å². The number of nitrogens with one attached hydrogen (secondary N) is 2. The lowest BCUT2D eigenvalue weighted by atomic mass is 9.46. The summed E-state index contributed by atoms with van der Waals surface area (Å²) in [5.74, 6) is 7.10. The molecule has 4 bridgehead atoms. The maximum atomic E-state index is 12.8. The molecule has 5 saturated carbocycles. The lowest BCUT2D eigenvalue weighted by Gasteiger charge is -2.57. The number of guanidine groups is 1. The average Bonchev–Trinajstić information content (AvgIpc) is 3.63. The number of hydrogen-bond donors (Lipinski definition) is 7. The monoisotopic (exact) mass is 612 g/mol. The molecule has 1 aromatic carbocycles. The van der Waals surface area contributed by atoms with E-state index in [0.717, 1.165) is 62.6 Å². The van der Waals surface area contributed by atoms with Crippen molar-refractivity contribution in [2.24, 2.45) is 51.1 Å². The summed E-state index contributed by atoms with van der Waals surface area (Å²) in [5, 5.41) is 52.2. The first-order chi connectivity index (χ1) is 21.5. The van der Waals surface area contributed by atoms with E-state index in [1.807, 2.05) is 6.92 Å². The Bertz CT molecular complexity index is 1600. The van der Waals surface area contributed by atoms with E-state index in [1.165, 1.54) is 11.0 Å². The standard InChI is InChI=1S/C37H48N4O4/c1-34(44)22-8-10-28-32-29(34)15-31(43)37(32,45)19-25(41-33(38)39-2)9-7-23-16-35(12-11-27(42)20-35)17-24(36(23,28)18-22)14-26-13-21-5-3-4-6-30(21)40-26/h3-6,13,17,22-23,25,27-29,31-32,40,42-45H,8,10-12,14-16,18-20H2,1-2H3,(H3,38,39,41)/t22-,23+,25+,27+,28-,29+,31+,32+,34-,35+,36+,37+/m1/s1. The first kappa shape index (κ1) is 29.6. The molecule has 9 rings (SSSR count). The third kappa shape index (κ3) is 4.30. The molecule has 45 heavy (non-hydrogen) atoms. The number of nitrogens with zero attached hydrogens (tertiary/aromatic N) is 1. The average molecular weight is 613 g/mol. The summed E-state index contributed by atoms with van der Waals surface area (Å²) in [7, 11) is 1.62. The summed E-state index contributed by atoms with van der Waals surface area (Å²) >= 11 is 0. The highest BCUT2D eigenvalue weighted by molar-refractivity contribution is 5.80. The van der Waals surface area contributed by atoms with Crippen LogP contribution in [-0.2, 0) is 6.42 Å². The zero-order valence-electron chi connectivity index (χ0n) is 26.5. The van der Waals surface area contributed by atoms with Crippen molar-refractivity contribution >= 4 is 16.9 Å². The third-order valence-electron chi connectivity index (χ3n) is 13.6. The number of benzene rings is 1. The number of nitrogens with two attached hydrogens (primary N) is 1. The van der Waals surface area contributed by atoms with Crippen LogP contribution in [0.5, 0.6) is 0 Å². The molecule has 8 heteroatoms. The number of aromatic nitrogens is 1. The molecule has 0 saturated heterocycles. The minimum Gasteiger partial charge on any atom is -0.393 e. The van der Waals surface area contributed by atoms with Gasteiger partial charge in [0.1, 0.15) is 0 Å². The van der Waals surface area contributed by atoms with E-state index < -0.39 is 23.3 Å². The summed E-state index contributed by atoms with van der Waals surface area (Å²) in [5.41, 5.74) is 6.78. The molecule has 1 heterocycles. The van der Waals surface area contributed by atoms with Crippen molar-refractivity contribution in [3.05, 3.63) is 47.7 Å². The van der Waals surface area contributed by atoms with Crippen molar-refractivity contribution in [3.8, 4) is 11.8 Å². The Labute approximate surface area is 265 Å². The normalized spacial score (nSPS) is 46.9. The smallest absolute Gasteiger partial charge is 0.189 e. The fourth-order valence-corrected chi connectivity index (χ4v) is 11.6. The Morgan fingerprint density at radius 1 is 1.07 bits per heavy atom. The zero-order chi connectivity index (χ0) is 31.4. The number of H-pyrrole nitrogens is 1. The summed E-state index contributed by atoms with van der Waals surface area (Å²) in [6.07, 6.45) is 8.42. The van der Waals surface area contributed by atoms with Gasteiger partial charge in [-0.05, 0) is 105 Å². The molecule has 12 atom stereocenters. The molecule has 0 aliphatic heterocycles. The molecule has 7 aliphatic carbocycles. The van der Waals surface area contributed by atoms with Gasteiger partial charge in [-0.2, -0.15) is 0 Å². The van der Waals surface area contributed by atoms with Crippen LogP contribution < -0.4 is 11.1 Å². The molecule has 0 radical (unpaired) electrons. The topological polar surface area (TPSA) is 147 Å². The second-order valence-corrected chi connectivity index (χ2v) is 15.8. The van der Waals surface area contributed by atoms with Crippen molar-refractivity contribution in [2.45, 2.75) is 101 Å². The maximum Gasteiger partial charge on any atom is 0.189 e. The van der Waals surface area contributed by atoms with Gasteiger partial charge in [-0.25, -0.2) is 0 Å². The number of aliphatic hydroxyl groups is 4. The van der Waals surface area contributed by atoms with Crippen molar-refractivity contribution < 1.29 is 20.4 Å². The van der Waals surface area contributed by atoms with Gasteiger partial charge < -0.3 is 36.5 Å². The van der Waals surface area contributed by atoms with Crippen LogP contribution in [0.15, 0.2) is 47.0 Å². The van der Waals surface area contributed by atoms with Crippen LogP contribution in [0.1, 0.15) is 70.4 Å². The summed E-state index contributed by atoms with van der Waals surface area (Å²) in [6.45, 7) is 1.97. The number of aliphatic hydroxyl groups excluding tert-OH is 2. The summed E-state index contributed by atoms with van der Waals surface area (Å²) in [6, 6.07) is 10.1. The number of allylic oxidation sites excluding steroid dienone is 2. The molecular formula is C37H48N4O4. The van der Waals surface area contributed by atoms with Crippen molar-refractivity contribution in [1.29, 1.82) is 0 Å². The van der Waals surface area contributed by atoms with Gasteiger partial charge >= 0.3 is 0 Å². The molecule has 7 aliphatic rings. The molecule has 8 N–H and O–H groups in total. The van der Waals surface area contributed by atoms with Crippen molar-refractivity contribution in [2.75, 3.05) is 7.05 Å². The van der Waals surface area contributed by atoms with E-state index in [1.54, 1.807) is 7.05 Å². The second-order valence-electron chi connectivity index (χ2n) is 15.8. The predicted molar refractivity (Wildman–Crippen MR) is 174 cm³/mol. The van der Waals surface area contributed by atoms with Crippen LogP contribution in [0.25, 0.3) is 10.9 Å². The maximum absolute atomic E-state index is 12.8. The zero-order valence-corrected chi connectivity index (χ0v) is 26.5. The summed E-state index contributed by atoms with van der Waals surface area (Å²) in [4.78, 5) is 7.81. The molecule has 2 spiro atoms. The van der Waals surface area contributed by atoms with Gasteiger partial charge in [-0.15, -0.1) is 0 Å². The van der Waals surface area contributed by atoms with Gasteiger partial charge in [0.15, 0.2) is 5.96 Å². The first-order valence-electron chi connectivity index (χ1n) is 17.1. The largest absolute Gasteiger partial charge is 0.393 e. The van der Waals surface area contributed by atoms with Gasteiger partial charge in [0.2, 0.25) is 0 Å². The van der Waals surface area contributed by atoms with Gasteiger partial charge in [-0.1, -0.05) is 41.7 Å². The quantitative estimate of drug-likeness (QED) is 0.122. The van der Waals surface area contributed by atoms with E-state index in [0.29, 0.717) is 6.42 Å². The van der Waals surface area contributed by atoms with E-state index in [-0.39, 0.29) is 58.9 Å². The highest BCUT2D eigenvalue weighted by Gasteiger charge is 2.71. The van der Waals surface area contributed by atoms with Gasteiger partial charge in [0, 0.05) is 42.4 Å². The van der Waals surface area contributed by atoms with Crippen LogP contribution in [0, 0.1) is 52.3 Å². The van der Waals surface area contributed by atoms with Crippen molar-refractivity contribution in [3.63, 3.8) is 0 Å². The van der Waals surface area contributed by atoms with Crippen LogP contribution in [-0.4, -0.2) is 67.9 Å². The van der Waals surface area contributed by atoms with Crippen LogP contribution >= 0.6 is 0 Å². The van der Waals surface area contributed by atoms with Crippen LogP contribution in [0.4, 0.5) is 0 Å². The minimum atomic E-state index is -1.44. The van der Waals surface area contributed by atoms with Gasteiger partial charge in [0.05, 0.1) is 29.5 Å². The van der Waals surface area contributed by atoms with E-state index >= 15 is 0 Å². The Kier molecular flexibility index (Phi) is 6.62. The third-order valence-corrected chi connectivity index (χ3v) is 13.6. The number of hydrogen-bond acceptors (Lipinski definition) is 5. The molecule has 2 aromatic rings. The number of aromatic amines is 1. The first-order valence-corrected chi connectivity index (χ1v) is 17.1. The molecule has 0 amide bonds. The Morgan fingerprint density at radius 2 is 1.89 bits per heavy atom. The fourth-order valence-electron chi connectivity index (χ4n) is 11.6. The van der Waals surface area contributed by atoms with Crippen molar-refractivity contribution in [1.82, 2.24) is 10.3 Å². The molecule has 8 nitrogen and oxygen atoms in total. The Morgan fingerprint density at radius 3 is 2.64 bits per heavy atom. The molecule has 0 unspecified atom stereocenters. The predicted octanol–water partition coefficient (Wildman–Crippen LogP) is 3.39. The van der Waals surface area contributed by atoms with Crippen LogP contribution in [0.3, 0.4) is 0 Å². The highest BCUT2D eigenvalue weighted by Crippen LogP contribution is 2.71. The van der Waals surface area contributed by atoms with Crippen LogP contribution in [0.2, 0.25) is 0 Å². The SMILES string of the molecule is CN=C(N)N[C@H]1C#C[C@H]2C[C@]3(C=C(Cc4cc5ccccc5[nH]4)[C@]24C[C@H]2CC[C@@H]4[C@H]4[C@H](C[C@H](O)[C@@]4(O)C1)[C@]2(C)O)CC[C@H](O)C3. The lowest BCUT2D eigenvalue weighted by molar-refractivity contribution is -0.128. The fraction of sp³-hybridized carbons (Fsp3) is 0.649. The lowest BCUT2D eigenvalue weighted by Crippen LogP contribution is -2.56. The molecular weight excluding hydrogens is 564 g/mol. The van der Waals surface area contributed by atoms with E-state index in [4.69, 9.17) is 5.73 Å². The number of para-hydroxylation sites is 1. The molecule has 1 aromatic heterocycles. The minimum absolute atomic E-state index is 0.0290. The van der Waals surface area contributed by atoms with Gasteiger partial charge in [0.25, 0.3) is 0 Å². The number of rotatable bonds is 3. The molecule has 240 valence electrons. The molecule has 5 fully saturated rings. The van der Waals surface area contributed by atoms with E-state index in [9.17, 15) is 20.4 Å². The second kappa shape index (κ2) is 10.1. The summed E-state index contributed by atoms with van der Waals surface area (Å²) < 4.78 is 0. The Balaban J connectivity index is 1.36.